The molecular formula is C23H40N6O7. The van der Waals surface area contributed by atoms with Crippen molar-refractivity contribution in [2.24, 2.45) is 17.6 Å². The molecule has 1 saturated heterocycles. The third-order valence-corrected chi connectivity index (χ3v) is 6.19. The Morgan fingerprint density at radius 1 is 0.917 bits per heavy atom. The highest BCUT2D eigenvalue weighted by Gasteiger charge is 2.34. The Hall–Kier alpha value is -3.22. The van der Waals surface area contributed by atoms with Gasteiger partial charge in [-0.2, -0.15) is 0 Å². The molecule has 0 aliphatic carbocycles. The Morgan fingerprint density at radius 3 is 2.00 bits per heavy atom. The van der Waals surface area contributed by atoms with E-state index in [4.69, 9.17) is 5.73 Å². The minimum Gasteiger partial charge on any atom is -0.480 e. The summed E-state index contributed by atoms with van der Waals surface area (Å²) in [5.41, 5.74) is 5.24. The first-order chi connectivity index (χ1) is 16.8. The quantitative estimate of drug-likeness (QED) is 0.143. The lowest BCUT2D eigenvalue weighted by Gasteiger charge is -2.28. The third kappa shape index (κ3) is 9.44. The number of aliphatic carboxylic acids is 1. The van der Waals surface area contributed by atoms with Crippen LogP contribution in [-0.2, 0) is 28.8 Å². The summed E-state index contributed by atoms with van der Waals surface area (Å²) >= 11 is 0. The maximum absolute atomic E-state index is 13.1. The maximum atomic E-state index is 13.1. The molecule has 0 bridgehead atoms. The number of carboxylic acids is 1. The molecule has 5 amide bonds. The minimum atomic E-state index is -1.44. The highest BCUT2D eigenvalue weighted by Crippen LogP contribution is 2.11. The molecule has 0 unspecified atom stereocenters. The Morgan fingerprint density at radius 2 is 1.53 bits per heavy atom. The van der Waals surface area contributed by atoms with Crippen molar-refractivity contribution in [1.82, 2.24) is 26.6 Å². The van der Waals surface area contributed by atoms with Crippen molar-refractivity contribution < 1.29 is 33.9 Å². The second kappa shape index (κ2) is 14.4. The zero-order valence-corrected chi connectivity index (χ0v) is 21.6. The lowest BCUT2D eigenvalue weighted by Crippen LogP contribution is -2.60. The molecule has 8 N–H and O–H groups in total. The van der Waals surface area contributed by atoms with Crippen LogP contribution in [0.2, 0.25) is 0 Å². The van der Waals surface area contributed by atoms with Gasteiger partial charge in [0.05, 0.1) is 12.5 Å². The summed E-state index contributed by atoms with van der Waals surface area (Å²) in [6.45, 7) is 8.94. The van der Waals surface area contributed by atoms with E-state index in [2.05, 4.69) is 26.6 Å². The van der Waals surface area contributed by atoms with Crippen LogP contribution in [0.3, 0.4) is 0 Å². The van der Waals surface area contributed by atoms with Crippen LogP contribution >= 0.6 is 0 Å². The van der Waals surface area contributed by atoms with Crippen molar-refractivity contribution in [2.45, 2.75) is 90.5 Å². The summed E-state index contributed by atoms with van der Waals surface area (Å²) in [6, 6.07) is -5.07. The number of hydrogen-bond acceptors (Lipinski definition) is 7. The first kappa shape index (κ1) is 30.8. The molecule has 0 aromatic rings. The molecule has 6 atom stereocenters. The van der Waals surface area contributed by atoms with Crippen LogP contribution in [0.5, 0.6) is 0 Å². The van der Waals surface area contributed by atoms with Gasteiger partial charge in [-0.3, -0.25) is 24.0 Å². The lowest BCUT2D eigenvalue weighted by molar-refractivity contribution is -0.143. The molecule has 0 aromatic carbocycles. The average molecular weight is 513 g/mol. The molecule has 1 rings (SSSR count). The first-order valence-electron chi connectivity index (χ1n) is 12.2. The van der Waals surface area contributed by atoms with Crippen molar-refractivity contribution >= 4 is 35.5 Å². The van der Waals surface area contributed by atoms with Crippen LogP contribution in [0.4, 0.5) is 0 Å². The molecule has 1 aliphatic heterocycles. The van der Waals surface area contributed by atoms with Gasteiger partial charge >= 0.3 is 5.97 Å². The predicted molar refractivity (Wildman–Crippen MR) is 130 cm³/mol. The highest BCUT2D eigenvalue weighted by atomic mass is 16.4. The van der Waals surface area contributed by atoms with Gasteiger partial charge < -0.3 is 37.4 Å². The molecule has 204 valence electrons. The van der Waals surface area contributed by atoms with Gasteiger partial charge in [0.25, 0.3) is 0 Å². The zero-order valence-electron chi connectivity index (χ0n) is 21.6. The minimum absolute atomic E-state index is 0.309. The van der Waals surface area contributed by atoms with Gasteiger partial charge in [0.15, 0.2) is 0 Å². The largest absolute Gasteiger partial charge is 0.480 e. The SMILES string of the molecule is CC[C@H](C)[C@H](NC(=O)[C@H](C)NC(=O)[C@@H]1CCCN1)C(=O)N[C@@H](CC(N)=O)C(=O)N[C@H](C(=O)O)C(C)C. The van der Waals surface area contributed by atoms with Crippen LogP contribution in [0.15, 0.2) is 0 Å². The standard InChI is InChI=1S/C23H40N6O7/c1-6-12(4)18(29-19(31)13(5)26-20(32)14-8-7-9-25-14)22(34)27-15(10-16(24)30)21(33)28-17(11(2)3)23(35)36/h11-15,17-18,25H,6-10H2,1-5H3,(H2,24,30)(H,26,32)(H,27,34)(H,28,33)(H,29,31)(H,35,36)/t12-,13-,14-,15-,17-,18-/m0/s1. The van der Waals surface area contributed by atoms with Crippen molar-refractivity contribution in [2.75, 3.05) is 6.54 Å². The van der Waals surface area contributed by atoms with E-state index in [1.165, 1.54) is 6.92 Å². The number of carbonyl (C=O) groups excluding carboxylic acids is 5. The van der Waals surface area contributed by atoms with Gasteiger partial charge in [0.2, 0.25) is 29.5 Å². The zero-order chi connectivity index (χ0) is 27.6. The molecule has 0 radical (unpaired) electrons. The van der Waals surface area contributed by atoms with Gasteiger partial charge in [0, 0.05) is 0 Å². The predicted octanol–water partition coefficient (Wildman–Crippen LogP) is -1.64. The maximum Gasteiger partial charge on any atom is 0.326 e. The van der Waals surface area contributed by atoms with Gasteiger partial charge in [-0.25, -0.2) is 4.79 Å². The van der Waals surface area contributed by atoms with E-state index >= 15 is 0 Å². The monoisotopic (exact) mass is 512 g/mol. The number of carbonyl (C=O) groups is 6. The molecule has 0 aromatic heterocycles. The van der Waals surface area contributed by atoms with Gasteiger partial charge in [0.1, 0.15) is 24.2 Å². The smallest absolute Gasteiger partial charge is 0.326 e. The van der Waals surface area contributed by atoms with Gasteiger partial charge in [-0.05, 0) is 38.1 Å². The van der Waals surface area contributed by atoms with E-state index in [0.717, 1.165) is 13.0 Å². The second-order valence-corrected chi connectivity index (χ2v) is 9.55. The van der Waals surface area contributed by atoms with Crippen LogP contribution in [0.1, 0.15) is 60.3 Å². The summed E-state index contributed by atoms with van der Waals surface area (Å²) < 4.78 is 0. The number of amides is 5. The molecule has 13 heteroatoms. The van der Waals surface area contributed by atoms with Crippen LogP contribution in [0.25, 0.3) is 0 Å². The summed E-state index contributed by atoms with van der Waals surface area (Å²) in [7, 11) is 0. The Labute approximate surface area is 211 Å². The summed E-state index contributed by atoms with van der Waals surface area (Å²) in [4.78, 5) is 73.9. The van der Waals surface area contributed by atoms with Crippen molar-refractivity contribution in [3.05, 3.63) is 0 Å². The molecule has 1 aliphatic rings. The second-order valence-electron chi connectivity index (χ2n) is 9.55. The van der Waals surface area contributed by atoms with Gasteiger partial charge in [-0.15, -0.1) is 0 Å². The fourth-order valence-corrected chi connectivity index (χ4v) is 3.71. The van der Waals surface area contributed by atoms with Crippen molar-refractivity contribution in [3.63, 3.8) is 0 Å². The average Bonchev–Trinajstić information content (AvgIpc) is 3.33. The fourth-order valence-electron chi connectivity index (χ4n) is 3.71. The van der Waals surface area contributed by atoms with E-state index in [9.17, 15) is 33.9 Å². The molecule has 13 nitrogen and oxygen atoms in total. The Bertz CT molecular complexity index is 828. The third-order valence-electron chi connectivity index (χ3n) is 6.19. The Balaban J connectivity index is 2.94. The molecular weight excluding hydrogens is 472 g/mol. The van der Waals surface area contributed by atoms with Gasteiger partial charge in [-0.1, -0.05) is 34.1 Å². The summed E-state index contributed by atoms with van der Waals surface area (Å²) in [5.74, 6) is -5.51. The number of rotatable bonds is 14. The summed E-state index contributed by atoms with van der Waals surface area (Å²) in [5, 5.41) is 22.3. The Kier molecular flexibility index (Phi) is 12.3. The molecule has 1 heterocycles. The number of nitrogens with two attached hydrogens (primary N) is 1. The fraction of sp³-hybridized carbons (Fsp3) is 0.739. The topological polar surface area (TPSA) is 209 Å². The molecule has 36 heavy (non-hydrogen) atoms. The van der Waals surface area contributed by atoms with Crippen molar-refractivity contribution in [1.29, 1.82) is 0 Å². The van der Waals surface area contributed by atoms with E-state index in [-0.39, 0.29) is 17.9 Å². The number of carboxylic acid groups (broad SMARTS) is 1. The van der Waals surface area contributed by atoms with E-state index in [1.54, 1.807) is 20.8 Å². The molecule has 0 saturated carbocycles. The van der Waals surface area contributed by atoms with Crippen molar-refractivity contribution in [3.8, 4) is 0 Å². The first-order valence-corrected chi connectivity index (χ1v) is 12.2. The van der Waals surface area contributed by atoms with E-state index in [1.807, 2.05) is 6.92 Å². The number of primary amides is 1. The van der Waals surface area contributed by atoms with Crippen LogP contribution < -0.4 is 32.3 Å². The number of nitrogens with one attached hydrogen (secondary N) is 5. The normalized spacial score (nSPS) is 19.3. The lowest BCUT2D eigenvalue weighted by atomic mass is 9.97. The number of hydrogen-bond donors (Lipinski definition) is 7. The summed E-state index contributed by atoms with van der Waals surface area (Å²) in [6.07, 6.45) is 1.45. The molecule has 1 fully saturated rings. The van der Waals surface area contributed by atoms with E-state index in [0.29, 0.717) is 12.8 Å². The highest BCUT2D eigenvalue weighted by molar-refractivity contribution is 5.97. The van der Waals surface area contributed by atoms with E-state index < -0.39 is 66.1 Å². The van der Waals surface area contributed by atoms with Crippen LogP contribution in [-0.4, -0.2) is 77.4 Å². The molecule has 0 spiro atoms. The van der Waals surface area contributed by atoms with Crippen LogP contribution in [0, 0.1) is 11.8 Å².